The number of urea groups is 1. The maximum Gasteiger partial charge on any atom is 0.416 e. The first-order valence-electron chi connectivity index (χ1n) is 8.16. The van der Waals surface area contributed by atoms with Gasteiger partial charge in [-0.05, 0) is 48.4 Å². The molecule has 1 aromatic heterocycles. The van der Waals surface area contributed by atoms with Gasteiger partial charge >= 0.3 is 12.2 Å². The maximum absolute atomic E-state index is 12.8. The lowest BCUT2D eigenvalue weighted by Crippen LogP contribution is -2.19. The van der Waals surface area contributed by atoms with E-state index in [0.29, 0.717) is 5.69 Å². The number of aromatic nitrogens is 2. The highest BCUT2D eigenvalue weighted by Gasteiger charge is 2.30. The van der Waals surface area contributed by atoms with Gasteiger partial charge in [0.1, 0.15) is 0 Å². The van der Waals surface area contributed by atoms with Crippen molar-refractivity contribution in [3.63, 3.8) is 0 Å². The lowest BCUT2D eigenvalue weighted by molar-refractivity contribution is -0.137. The fraction of sp³-hybridized carbons (Fsp3) is 0.105. The molecule has 144 valence electrons. The molecule has 0 aliphatic carbocycles. The van der Waals surface area contributed by atoms with E-state index in [-0.39, 0.29) is 11.6 Å². The smallest absolute Gasteiger partial charge is 0.368 e. The number of halogens is 3. The quantitative estimate of drug-likeness (QED) is 0.607. The lowest BCUT2D eigenvalue weighted by atomic mass is 10.0. The summed E-state index contributed by atoms with van der Waals surface area (Å²) in [4.78, 5) is 20.0. The van der Waals surface area contributed by atoms with E-state index >= 15 is 0 Å². The summed E-state index contributed by atoms with van der Waals surface area (Å²) in [7, 11) is 0. The first kappa shape index (κ1) is 19.2. The van der Waals surface area contributed by atoms with Crippen molar-refractivity contribution in [2.45, 2.75) is 13.1 Å². The average molecular weight is 387 g/mol. The Morgan fingerprint density at radius 1 is 1.00 bits per heavy atom. The molecule has 0 atom stereocenters. The molecule has 0 fully saturated rings. The fourth-order valence-corrected chi connectivity index (χ4v) is 2.61. The molecule has 28 heavy (non-hydrogen) atoms. The summed E-state index contributed by atoms with van der Waals surface area (Å²) in [5.41, 5.74) is 7.66. The zero-order chi connectivity index (χ0) is 20.3. The number of nitrogens with one attached hydrogen (secondary N) is 2. The number of aryl methyl sites for hydroxylation is 1. The number of anilines is 3. The summed E-state index contributed by atoms with van der Waals surface area (Å²) in [5.74, 6) is 0.172. The normalized spacial score (nSPS) is 11.1. The van der Waals surface area contributed by atoms with E-state index in [2.05, 4.69) is 20.6 Å². The molecule has 0 bridgehead atoms. The van der Waals surface area contributed by atoms with Crippen LogP contribution in [0.15, 0.2) is 54.9 Å². The Morgan fingerprint density at radius 3 is 2.25 bits per heavy atom. The predicted molar refractivity (Wildman–Crippen MR) is 101 cm³/mol. The Hall–Kier alpha value is -3.62. The second kappa shape index (κ2) is 7.55. The van der Waals surface area contributed by atoms with Crippen molar-refractivity contribution in [1.29, 1.82) is 0 Å². The van der Waals surface area contributed by atoms with Crippen LogP contribution in [0.2, 0.25) is 0 Å². The molecule has 2 aromatic carbocycles. The van der Waals surface area contributed by atoms with Crippen LogP contribution in [0.3, 0.4) is 0 Å². The van der Waals surface area contributed by atoms with Crippen LogP contribution in [-0.2, 0) is 6.18 Å². The van der Waals surface area contributed by atoms with Crippen molar-refractivity contribution in [1.82, 2.24) is 9.97 Å². The predicted octanol–water partition coefficient (Wildman–Crippen LogP) is 4.70. The van der Waals surface area contributed by atoms with Gasteiger partial charge < -0.3 is 16.4 Å². The number of alkyl halides is 3. The number of nitrogens with two attached hydrogens (primary N) is 1. The molecule has 0 saturated carbocycles. The van der Waals surface area contributed by atoms with E-state index in [9.17, 15) is 18.0 Å². The van der Waals surface area contributed by atoms with Crippen LogP contribution in [0, 0.1) is 6.92 Å². The summed E-state index contributed by atoms with van der Waals surface area (Å²) in [6.45, 7) is 1.85. The monoisotopic (exact) mass is 387 g/mol. The lowest BCUT2D eigenvalue weighted by Gasteiger charge is -2.12. The third-order valence-electron chi connectivity index (χ3n) is 3.91. The molecule has 4 N–H and O–H groups in total. The Bertz CT molecular complexity index is 1000. The van der Waals surface area contributed by atoms with Crippen molar-refractivity contribution in [3.05, 3.63) is 66.0 Å². The van der Waals surface area contributed by atoms with Crippen molar-refractivity contribution in [2.75, 3.05) is 16.4 Å². The summed E-state index contributed by atoms with van der Waals surface area (Å²) in [5, 5.41) is 4.99. The van der Waals surface area contributed by atoms with Crippen LogP contribution in [0.25, 0.3) is 11.1 Å². The first-order valence-corrected chi connectivity index (χ1v) is 8.16. The fourth-order valence-electron chi connectivity index (χ4n) is 2.61. The van der Waals surface area contributed by atoms with Crippen molar-refractivity contribution >= 4 is 23.4 Å². The van der Waals surface area contributed by atoms with Crippen LogP contribution in [0.4, 0.5) is 35.3 Å². The van der Waals surface area contributed by atoms with Gasteiger partial charge in [-0.1, -0.05) is 12.1 Å². The van der Waals surface area contributed by atoms with Crippen molar-refractivity contribution < 1.29 is 18.0 Å². The van der Waals surface area contributed by atoms with Crippen LogP contribution >= 0.6 is 0 Å². The van der Waals surface area contributed by atoms with Gasteiger partial charge in [0.15, 0.2) is 0 Å². The summed E-state index contributed by atoms with van der Waals surface area (Å²) in [6.07, 6.45) is -1.29. The molecule has 1 heterocycles. The van der Waals surface area contributed by atoms with Crippen LogP contribution in [-0.4, -0.2) is 16.0 Å². The summed E-state index contributed by atoms with van der Waals surface area (Å²) < 4.78 is 38.3. The molecule has 0 aliphatic rings. The topological polar surface area (TPSA) is 92.9 Å². The van der Waals surface area contributed by atoms with Gasteiger partial charge in [0.2, 0.25) is 5.95 Å². The van der Waals surface area contributed by atoms with E-state index in [1.165, 1.54) is 12.1 Å². The Kier molecular flexibility index (Phi) is 5.16. The number of amides is 2. The SMILES string of the molecule is Cc1cc(NC(=O)Nc2cccc(C(F)(F)F)c2)ccc1-c1cnc(N)nc1. The molecular formula is C19H16F3N5O. The van der Waals surface area contributed by atoms with Gasteiger partial charge in [-0.15, -0.1) is 0 Å². The van der Waals surface area contributed by atoms with Gasteiger partial charge in [0, 0.05) is 29.3 Å². The number of carbonyl (C=O) groups is 1. The molecular weight excluding hydrogens is 371 g/mol. The molecule has 3 rings (SSSR count). The van der Waals surface area contributed by atoms with E-state index in [0.717, 1.165) is 28.8 Å². The second-order valence-corrected chi connectivity index (χ2v) is 6.02. The molecule has 6 nitrogen and oxygen atoms in total. The number of hydrogen-bond acceptors (Lipinski definition) is 4. The zero-order valence-electron chi connectivity index (χ0n) is 14.7. The third-order valence-corrected chi connectivity index (χ3v) is 3.91. The zero-order valence-corrected chi connectivity index (χ0v) is 14.7. The number of carbonyl (C=O) groups excluding carboxylic acids is 1. The van der Waals surface area contributed by atoms with E-state index < -0.39 is 17.8 Å². The molecule has 0 unspecified atom stereocenters. The van der Waals surface area contributed by atoms with Crippen molar-refractivity contribution in [3.8, 4) is 11.1 Å². The molecule has 2 amide bonds. The van der Waals surface area contributed by atoms with Gasteiger partial charge in [-0.25, -0.2) is 14.8 Å². The number of benzene rings is 2. The minimum atomic E-state index is -4.48. The molecule has 0 saturated heterocycles. The highest BCUT2D eigenvalue weighted by Crippen LogP contribution is 2.31. The standard InChI is InChI=1S/C19H16F3N5O/c1-11-7-15(5-6-16(11)12-9-24-17(23)25-10-12)27-18(28)26-14-4-2-3-13(8-14)19(20,21)22/h2-10H,1H3,(H2,23,24,25)(H2,26,27,28). The van der Waals surface area contributed by atoms with Gasteiger partial charge in [0.05, 0.1) is 5.56 Å². The van der Waals surface area contributed by atoms with Crippen molar-refractivity contribution in [2.24, 2.45) is 0 Å². The minimum Gasteiger partial charge on any atom is -0.368 e. The minimum absolute atomic E-state index is 0.0414. The Labute approximate surface area is 158 Å². The summed E-state index contributed by atoms with van der Waals surface area (Å²) >= 11 is 0. The second-order valence-electron chi connectivity index (χ2n) is 6.02. The van der Waals surface area contributed by atoms with E-state index in [4.69, 9.17) is 5.73 Å². The maximum atomic E-state index is 12.8. The molecule has 0 spiro atoms. The molecule has 0 radical (unpaired) electrons. The summed E-state index contributed by atoms with van der Waals surface area (Å²) in [6, 6.07) is 8.95. The van der Waals surface area contributed by atoms with Crippen LogP contribution in [0.1, 0.15) is 11.1 Å². The molecule has 3 aromatic rings. The van der Waals surface area contributed by atoms with Crippen LogP contribution < -0.4 is 16.4 Å². The highest BCUT2D eigenvalue weighted by atomic mass is 19.4. The molecule has 0 aliphatic heterocycles. The van der Waals surface area contributed by atoms with E-state index in [1.807, 2.05) is 6.92 Å². The third kappa shape index (κ3) is 4.56. The van der Waals surface area contributed by atoms with Gasteiger partial charge in [-0.3, -0.25) is 0 Å². The van der Waals surface area contributed by atoms with Gasteiger partial charge in [-0.2, -0.15) is 13.2 Å². The highest BCUT2D eigenvalue weighted by molar-refractivity contribution is 6.00. The average Bonchev–Trinajstić information content (AvgIpc) is 2.62. The largest absolute Gasteiger partial charge is 0.416 e. The number of nitrogen functional groups attached to an aromatic ring is 1. The van der Waals surface area contributed by atoms with Gasteiger partial charge in [0.25, 0.3) is 0 Å². The van der Waals surface area contributed by atoms with Crippen LogP contribution in [0.5, 0.6) is 0 Å². The Balaban J connectivity index is 1.71. The Morgan fingerprint density at radius 2 is 1.64 bits per heavy atom. The first-order chi connectivity index (χ1) is 13.2. The molecule has 9 heteroatoms. The number of nitrogens with zero attached hydrogens (tertiary/aromatic N) is 2. The number of hydrogen-bond donors (Lipinski definition) is 3. The van der Waals surface area contributed by atoms with E-state index in [1.54, 1.807) is 30.6 Å². The number of rotatable bonds is 3.